The molecule has 3 rings (SSSR count). The van der Waals surface area contributed by atoms with Crippen LogP contribution in [0.15, 0.2) is 11.3 Å². The van der Waals surface area contributed by atoms with Crippen LogP contribution in [-0.4, -0.2) is 66.7 Å². The molecule has 5 nitrogen and oxygen atoms in total. The van der Waals surface area contributed by atoms with Gasteiger partial charge < -0.3 is 14.4 Å². The third kappa shape index (κ3) is 14.1. The molecule has 0 spiro atoms. The van der Waals surface area contributed by atoms with E-state index in [4.69, 9.17) is 9.47 Å². The Morgan fingerprint density at radius 2 is 1.26 bits per heavy atom. The van der Waals surface area contributed by atoms with Crippen LogP contribution in [0.3, 0.4) is 0 Å². The van der Waals surface area contributed by atoms with Gasteiger partial charge in [0, 0.05) is 39.5 Å². The first-order valence-electron chi connectivity index (χ1n) is 18.6. The van der Waals surface area contributed by atoms with E-state index in [-0.39, 0.29) is 18.1 Å². The third-order valence-corrected chi connectivity index (χ3v) is 9.90. The van der Waals surface area contributed by atoms with Gasteiger partial charge in [-0.3, -0.25) is 9.69 Å². The van der Waals surface area contributed by atoms with Crippen molar-refractivity contribution < 1.29 is 14.3 Å². The molecule has 2 heterocycles. The van der Waals surface area contributed by atoms with Crippen LogP contribution < -0.4 is 0 Å². The first-order chi connectivity index (χ1) is 20.6. The lowest BCUT2D eigenvalue weighted by Gasteiger charge is -2.45. The van der Waals surface area contributed by atoms with Crippen LogP contribution in [0, 0.1) is 0 Å². The molecular weight excluding hydrogens is 520 g/mol. The number of carbonyl (C=O) groups excluding carboxylic acids is 1. The molecule has 2 saturated heterocycles. The Balaban J connectivity index is 1.32. The van der Waals surface area contributed by atoms with Gasteiger partial charge in [-0.2, -0.15) is 0 Å². The molecule has 3 fully saturated rings. The molecule has 1 saturated carbocycles. The molecule has 244 valence electrons. The molecule has 2 bridgehead atoms. The maximum Gasteiger partial charge on any atom is 0.219 e. The van der Waals surface area contributed by atoms with E-state index in [1.54, 1.807) is 12.5 Å². The minimum Gasteiger partial charge on any atom is -0.495 e. The van der Waals surface area contributed by atoms with Gasteiger partial charge >= 0.3 is 0 Å². The Labute approximate surface area is 260 Å². The second-order valence-electron chi connectivity index (χ2n) is 13.8. The van der Waals surface area contributed by atoms with Crippen molar-refractivity contribution in [3.05, 3.63) is 11.3 Å². The fourth-order valence-electron chi connectivity index (χ4n) is 7.09. The molecular formula is C37H68N2O3. The highest BCUT2D eigenvalue weighted by Gasteiger charge is 2.35. The minimum atomic E-state index is 0.189. The number of ether oxygens (including phenoxy) is 2. The topological polar surface area (TPSA) is 42.0 Å². The maximum atomic E-state index is 11.8. The van der Waals surface area contributed by atoms with Crippen LogP contribution in [0.5, 0.6) is 0 Å². The smallest absolute Gasteiger partial charge is 0.219 e. The molecule has 0 aromatic rings. The minimum absolute atomic E-state index is 0.189. The number of hydrogen-bond donors (Lipinski definition) is 0. The molecule has 2 aliphatic heterocycles. The average molecular weight is 589 g/mol. The highest BCUT2D eigenvalue weighted by Crippen LogP contribution is 2.33. The Morgan fingerprint density at radius 1 is 0.738 bits per heavy atom. The summed E-state index contributed by atoms with van der Waals surface area (Å²) in [5.74, 6) is 1.59. The molecule has 0 aromatic carbocycles. The number of nitrogens with zero attached hydrogens (tertiary/aromatic N) is 2. The summed E-state index contributed by atoms with van der Waals surface area (Å²) < 4.78 is 13.0. The fraction of sp³-hybridized carbons (Fsp3) is 0.919. The van der Waals surface area contributed by atoms with Crippen molar-refractivity contribution in [2.45, 2.75) is 187 Å². The zero-order valence-electron chi connectivity index (χ0n) is 28.2. The first kappa shape index (κ1) is 35.4. The summed E-state index contributed by atoms with van der Waals surface area (Å²) in [5.41, 5.74) is 1.65. The summed E-state index contributed by atoms with van der Waals surface area (Å²) in [4.78, 5) is 16.3. The molecule has 0 radical (unpaired) electrons. The van der Waals surface area contributed by atoms with E-state index in [2.05, 4.69) is 18.7 Å². The molecule has 3 aliphatic rings. The van der Waals surface area contributed by atoms with E-state index in [9.17, 15) is 4.79 Å². The lowest BCUT2D eigenvalue weighted by atomic mass is 9.89. The van der Waals surface area contributed by atoms with Crippen LogP contribution >= 0.6 is 0 Å². The largest absolute Gasteiger partial charge is 0.495 e. The number of morpholine rings is 2. The third-order valence-electron chi connectivity index (χ3n) is 9.90. The van der Waals surface area contributed by atoms with E-state index in [1.165, 1.54) is 154 Å². The fourth-order valence-corrected chi connectivity index (χ4v) is 7.09. The van der Waals surface area contributed by atoms with Crippen molar-refractivity contribution in [3.63, 3.8) is 0 Å². The van der Waals surface area contributed by atoms with E-state index >= 15 is 0 Å². The van der Waals surface area contributed by atoms with E-state index in [1.807, 2.05) is 4.90 Å². The van der Waals surface area contributed by atoms with Crippen LogP contribution in [0.2, 0.25) is 0 Å². The molecule has 5 heteroatoms. The van der Waals surface area contributed by atoms with Crippen LogP contribution in [0.4, 0.5) is 0 Å². The van der Waals surface area contributed by atoms with Gasteiger partial charge in [0.2, 0.25) is 5.91 Å². The summed E-state index contributed by atoms with van der Waals surface area (Å²) in [7, 11) is 0. The van der Waals surface area contributed by atoms with E-state index in [0.717, 1.165) is 32.6 Å². The van der Waals surface area contributed by atoms with Gasteiger partial charge in [-0.05, 0) is 69.9 Å². The molecule has 0 N–H and O–H groups in total. The average Bonchev–Trinajstić information content (AvgIpc) is 2.94. The van der Waals surface area contributed by atoms with Gasteiger partial charge in [0.05, 0.1) is 24.1 Å². The van der Waals surface area contributed by atoms with Gasteiger partial charge in [-0.1, -0.05) is 97.3 Å². The first-order valence-corrected chi connectivity index (χ1v) is 18.6. The van der Waals surface area contributed by atoms with Crippen LogP contribution in [0.1, 0.15) is 168 Å². The van der Waals surface area contributed by atoms with Crippen LogP contribution in [0.25, 0.3) is 0 Å². The number of amides is 1. The monoisotopic (exact) mass is 589 g/mol. The Morgan fingerprint density at radius 3 is 1.79 bits per heavy atom. The van der Waals surface area contributed by atoms with E-state index < -0.39 is 0 Å². The quantitative estimate of drug-likeness (QED) is 0.0832. The van der Waals surface area contributed by atoms with E-state index in [0.29, 0.717) is 6.10 Å². The lowest BCUT2D eigenvalue weighted by molar-refractivity contribution is -0.159. The summed E-state index contributed by atoms with van der Waals surface area (Å²) in [6.07, 6.45) is 31.5. The lowest BCUT2D eigenvalue weighted by Crippen LogP contribution is -2.60. The van der Waals surface area contributed by atoms with Crippen molar-refractivity contribution in [2.24, 2.45) is 0 Å². The van der Waals surface area contributed by atoms with Crippen molar-refractivity contribution in [1.29, 1.82) is 0 Å². The number of allylic oxidation sites excluding steroid dienone is 2. The Kier molecular flexibility index (Phi) is 18.2. The normalized spacial score (nSPS) is 20.7. The number of fused-ring (bicyclic) bond motifs is 2. The second-order valence-corrected chi connectivity index (χ2v) is 13.8. The standard InChI is InChI=1S/C37H68N2O3/c1-4-6-8-10-13-17-24-34(25-18-14-11-9-7-5-2)42-37(33-22-21-23-33)26-19-15-12-16-20-27-38-28-35-30-39(32(3)40)31-36(29-38)41-35/h34-36H,4-31H2,1-3H3. The molecule has 42 heavy (non-hydrogen) atoms. The van der Waals surface area contributed by atoms with Crippen molar-refractivity contribution in [1.82, 2.24) is 9.80 Å². The number of unbranched alkanes of at least 4 members (excludes halogenated alkanes) is 14. The van der Waals surface area contributed by atoms with Gasteiger partial charge in [0.1, 0.15) is 0 Å². The van der Waals surface area contributed by atoms with Crippen LogP contribution in [-0.2, 0) is 14.3 Å². The summed E-state index contributed by atoms with van der Waals surface area (Å²) in [6.45, 7) is 11.0. The summed E-state index contributed by atoms with van der Waals surface area (Å²) in [6, 6.07) is 0. The van der Waals surface area contributed by atoms with Crippen molar-refractivity contribution in [2.75, 3.05) is 32.7 Å². The summed E-state index contributed by atoms with van der Waals surface area (Å²) >= 11 is 0. The maximum absolute atomic E-state index is 11.8. The molecule has 2 atom stereocenters. The van der Waals surface area contributed by atoms with Gasteiger partial charge in [0.15, 0.2) is 0 Å². The van der Waals surface area contributed by atoms with Crippen molar-refractivity contribution >= 4 is 5.91 Å². The number of rotatable bonds is 24. The Hall–Kier alpha value is -1.07. The van der Waals surface area contributed by atoms with Gasteiger partial charge in [-0.15, -0.1) is 0 Å². The molecule has 1 aliphatic carbocycles. The second kappa shape index (κ2) is 21.6. The zero-order valence-corrected chi connectivity index (χ0v) is 28.2. The highest BCUT2D eigenvalue weighted by molar-refractivity contribution is 5.73. The Bertz CT molecular complexity index is 717. The predicted molar refractivity (Wildman–Crippen MR) is 177 cm³/mol. The predicted octanol–water partition coefficient (Wildman–Crippen LogP) is 9.58. The molecule has 1 amide bonds. The van der Waals surface area contributed by atoms with Gasteiger partial charge in [0.25, 0.3) is 0 Å². The molecule has 2 unspecified atom stereocenters. The summed E-state index contributed by atoms with van der Waals surface area (Å²) in [5, 5.41) is 0. The number of carbonyl (C=O) groups is 1. The van der Waals surface area contributed by atoms with Crippen molar-refractivity contribution in [3.8, 4) is 0 Å². The highest BCUT2D eigenvalue weighted by atomic mass is 16.5. The molecule has 0 aromatic heterocycles. The van der Waals surface area contributed by atoms with Gasteiger partial charge in [-0.25, -0.2) is 0 Å². The number of hydrogen-bond acceptors (Lipinski definition) is 4. The SMILES string of the molecule is CCCCCCCCC(CCCCCCCC)OC(CCCCCCCN1CC2CN(C(C)=O)CC(C1)O2)=C1CCC1. The zero-order chi connectivity index (χ0) is 29.8.